The average Bonchev–Trinajstić information content (AvgIpc) is 3.24. The molecule has 0 saturated heterocycles. The van der Waals surface area contributed by atoms with Crippen LogP contribution in [0.15, 0.2) is 40.7 Å². The number of carbonyl (C=O) groups is 2. The summed E-state index contributed by atoms with van der Waals surface area (Å²) in [4.78, 5) is 26.9. The van der Waals surface area contributed by atoms with Crippen molar-refractivity contribution in [3.05, 3.63) is 46.3 Å². The number of rotatable bonds is 5. The number of carbonyl (C=O) groups excluding carboxylic acids is 2. The standard InChI is InChI=1S/C26H33NO5/c1-15-22(25(29)32-16-8-6-7-9-16)23(18-11-10-17(30-4)12-21(18)31-5)24-19(27-15)13-26(2,3)14-20(24)28/h10-12,16,23,27H,6-9,13-14H2,1-5H3. The predicted molar refractivity (Wildman–Crippen MR) is 122 cm³/mol. The smallest absolute Gasteiger partial charge is 0.337 e. The van der Waals surface area contributed by atoms with E-state index in [2.05, 4.69) is 19.2 Å². The Morgan fingerprint density at radius 3 is 2.47 bits per heavy atom. The summed E-state index contributed by atoms with van der Waals surface area (Å²) in [6, 6.07) is 5.53. The number of hydrogen-bond acceptors (Lipinski definition) is 6. The van der Waals surface area contributed by atoms with Gasteiger partial charge in [0.15, 0.2) is 5.78 Å². The van der Waals surface area contributed by atoms with Crippen LogP contribution in [0.3, 0.4) is 0 Å². The zero-order valence-electron chi connectivity index (χ0n) is 19.7. The Bertz CT molecular complexity index is 997. The Labute approximate surface area is 190 Å². The van der Waals surface area contributed by atoms with E-state index in [1.807, 2.05) is 19.1 Å². The summed E-state index contributed by atoms with van der Waals surface area (Å²) in [6.07, 6.45) is 5.06. The van der Waals surface area contributed by atoms with E-state index in [0.29, 0.717) is 29.1 Å². The van der Waals surface area contributed by atoms with Crippen molar-refractivity contribution in [2.45, 2.75) is 71.3 Å². The molecule has 1 heterocycles. The second kappa shape index (κ2) is 8.64. The Kier molecular flexibility index (Phi) is 6.06. The summed E-state index contributed by atoms with van der Waals surface area (Å²) in [7, 11) is 3.19. The highest BCUT2D eigenvalue weighted by Gasteiger charge is 2.44. The lowest BCUT2D eigenvalue weighted by molar-refractivity contribution is -0.144. The topological polar surface area (TPSA) is 73.9 Å². The van der Waals surface area contributed by atoms with Gasteiger partial charge in [0.25, 0.3) is 0 Å². The molecule has 1 atom stereocenters. The molecule has 1 fully saturated rings. The van der Waals surface area contributed by atoms with Crippen molar-refractivity contribution in [2.24, 2.45) is 5.41 Å². The molecule has 1 aliphatic heterocycles. The number of esters is 1. The number of dihydropyridines is 1. The van der Waals surface area contributed by atoms with E-state index in [-0.39, 0.29) is 23.3 Å². The van der Waals surface area contributed by atoms with Crippen LogP contribution in [0.1, 0.15) is 70.8 Å². The molecule has 3 aliphatic rings. The molecule has 1 aromatic carbocycles. The molecule has 6 nitrogen and oxygen atoms in total. The molecule has 1 unspecified atom stereocenters. The Balaban J connectivity index is 1.84. The van der Waals surface area contributed by atoms with E-state index >= 15 is 0 Å². The molecule has 0 aromatic heterocycles. The third-order valence-electron chi connectivity index (χ3n) is 6.79. The lowest BCUT2D eigenvalue weighted by Crippen LogP contribution is -2.39. The van der Waals surface area contributed by atoms with Gasteiger partial charge >= 0.3 is 5.97 Å². The van der Waals surface area contributed by atoms with Crippen molar-refractivity contribution >= 4 is 11.8 Å². The summed E-state index contributed by atoms with van der Waals surface area (Å²) in [5.74, 6) is 0.407. The zero-order chi connectivity index (χ0) is 23.0. The first-order valence-corrected chi connectivity index (χ1v) is 11.4. The highest BCUT2D eigenvalue weighted by molar-refractivity contribution is 6.04. The van der Waals surface area contributed by atoms with E-state index in [4.69, 9.17) is 14.2 Å². The van der Waals surface area contributed by atoms with Gasteiger partial charge in [-0.1, -0.05) is 19.9 Å². The summed E-state index contributed by atoms with van der Waals surface area (Å²) in [5.41, 5.74) is 3.40. The first-order chi connectivity index (χ1) is 15.2. The molecule has 2 aliphatic carbocycles. The second-order valence-corrected chi connectivity index (χ2v) is 9.85. The van der Waals surface area contributed by atoms with Crippen LogP contribution in [0.5, 0.6) is 11.5 Å². The van der Waals surface area contributed by atoms with Gasteiger partial charge in [0.1, 0.15) is 17.6 Å². The number of hydrogen-bond donors (Lipinski definition) is 1. The maximum Gasteiger partial charge on any atom is 0.337 e. The Morgan fingerprint density at radius 1 is 1.09 bits per heavy atom. The van der Waals surface area contributed by atoms with Crippen LogP contribution >= 0.6 is 0 Å². The van der Waals surface area contributed by atoms with Crippen LogP contribution in [0.25, 0.3) is 0 Å². The van der Waals surface area contributed by atoms with Gasteiger partial charge in [-0.2, -0.15) is 0 Å². The van der Waals surface area contributed by atoms with Crippen LogP contribution < -0.4 is 14.8 Å². The van der Waals surface area contributed by atoms with Crippen molar-refractivity contribution in [1.29, 1.82) is 0 Å². The molecule has 0 amide bonds. The van der Waals surface area contributed by atoms with Crippen molar-refractivity contribution in [3.63, 3.8) is 0 Å². The Morgan fingerprint density at radius 2 is 1.81 bits per heavy atom. The molecule has 6 heteroatoms. The van der Waals surface area contributed by atoms with Crippen LogP contribution in [0.4, 0.5) is 0 Å². The molecule has 172 valence electrons. The fourth-order valence-corrected chi connectivity index (χ4v) is 5.30. The fourth-order valence-electron chi connectivity index (χ4n) is 5.30. The fraction of sp³-hybridized carbons (Fsp3) is 0.538. The molecular formula is C26H33NO5. The summed E-state index contributed by atoms with van der Waals surface area (Å²) >= 11 is 0. The maximum absolute atomic E-state index is 13.5. The molecule has 0 radical (unpaired) electrons. The minimum absolute atomic E-state index is 0.0578. The highest BCUT2D eigenvalue weighted by atomic mass is 16.5. The molecule has 0 spiro atoms. The average molecular weight is 440 g/mol. The van der Waals surface area contributed by atoms with E-state index in [9.17, 15) is 9.59 Å². The molecule has 32 heavy (non-hydrogen) atoms. The van der Waals surface area contributed by atoms with Crippen LogP contribution in [0.2, 0.25) is 0 Å². The van der Waals surface area contributed by atoms with E-state index in [1.165, 1.54) is 0 Å². The van der Waals surface area contributed by atoms with Gasteiger partial charge in [0, 0.05) is 35.0 Å². The minimum atomic E-state index is -0.537. The number of nitrogens with one attached hydrogen (secondary N) is 1. The molecule has 1 N–H and O–H groups in total. The zero-order valence-corrected chi connectivity index (χ0v) is 19.7. The van der Waals surface area contributed by atoms with Gasteiger partial charge in [-0.15, -0.1) is 0 Å². The van der Waals surface area contributed by atoms with Crippen LogP contribution in [0, 0.1) is 5.41 Å². The third kappa shape index (κ3) is 4.15. The third-order valence-corrected chi connectivity index (χ3v) is 6.79. The molecule has 0 bridgehead atoms. The van der Waals surface area contributed by atoms with E-state index in [1.54, 1.807) is 20.3 Å². The Hall–Kier alpha value is -2.76. The summed E-state index contributed by atoms with van der Waals surface area (Å²) in [6.45, 7) is 6.09. The van der Waals surface area contributed by atoms with Gasteiger partial charge in [0.05, 0.1) is 25.7 Å². The monoisotopic (exact) mass is 439 g/mol. The normalized spacial score (nSPS) is 23.0. The largest absolute Gasteiger partial charge is 0.497 e. The van der Waals surface area contributed by atoms with Gasteiger partial charge in [0.2, 0.25) is 0 Å². The van der Waals surface area contributed by atoms with Crippen LogP contribution in [-0.4, -0.2) is 32.1 Å². The number of ether oxygens (including phenoxy) is 3. The first-order valence-electron chi connectivity index (χ1n) is 11.4. The van der Waals surface area contributed by atoms with E-state index in [0.717, 1.165) is 49.1 Å². The molecule has 1 saturated carbocycles. The van der Waals surface area contributed by atoms with E-state index < -0.39 is 5.92 Å². The number of ketones is 1. The lowest BCUT2D eigenvalue weighted by atomic mass is 9.68. The van der Waals surface area contributed by atoms with Gasteiger partial charge in [-0.3, -0.25) is 4.79 Å². The maximum atomic E-state index is 13.5. The minimum Gasteiger partial charge on any atom is -0.497 e. The SMILES string of the molecule is COc1ccc(C2C(C(=O)OC3CCCC3)=C(C)NC3=C2C(=O)CC(C)(C)C3)c(OC)c1. The van der Waals surface area contributed by atoms with Crippen molar-refractivity contribution in [2.75, 3.05) is 14.2 Å². The van der Waals surface area contributed by atoms with Gasteiger partial charge in [-0.25, -0.2) is 4.79 Å². The lowest BCUT2D eigenvalue weighted by Gasteiger charge is -2.39. The predicted octanol–water partition coefficient (Wildman–Crippen LogP) is 4.79. The second-order valence-electron chi connectivity index (χ2n) is 9.85. The molecule has 4 rings (SSSR count). The van der Waals surface area contributed by atoms with Gasteiger partial charge in [-0.05, 0) is 50.5 Å². The van der Waals surface area contributed by atoms with Crippen molar-refractivity contribution < 1.29 is 23.8 Å². The van der Waals surface area contributed by atoms with Crippen LogP contribution in [-0.2, 0) is 14.3 Å². The highest BCUT2D eigenvalue weighted by Crippen LogP contribution is 2.49. The summed E-state index contributed by atoms with van der Waals surface area (Å²) < 4.78 is 17.0. The number of allylic oxidation sites excluding steroid dienone is 3. The first kappa shape index (κ1) is 22.4. The quantitative estimate of drug-likeness (QED) is 0.665. The number of methoxy groups -OCH3 is 2. The number of Topliss-reactive ketones (excluding diaryl/α,β-unsaturated/α-hetero) is 1. The molecular weight excluding hydrogens is 406 g/mol. The molecule has 1 aromatic rings. The van der Waals surface area contributed by atoms with Crippen molar-refractivity contribution in [1.82, 2.24) is 5.32 Å². The summed E-state index contributed by atoms with van der Waals surface area (Å²) in [5, 5.41) is 3.39. The van der Waals surface area contributed by atoms with Gasteiger partial charge < -0.3 is 19.5 Å². The number of benzene rings is 1. The van der Waals surface area contributed by atoms with Crippen molar-refractivity contribution in [3.8, 4) is 11.5 Å².